The highest BCUT2D eigenvalue weighted by molar-refractivity contribution is 5.79. The van der Waals surface area contributed by atoms with Gasteiger partial charge in [0, 0.05) is 39.0 Å². The molecule has 0 amide bonds. The van der Waals surface area contributed by atoms with Gasteiger partial charge in [-0.25, -0.2) is 4.98 Å². The number of hydrogen-bond acceptors (Lipinski definition) is 2. The van der Waals surface area contributed by atoms with Gasteiger partial charge in [-0.3, -0.25) is 4.99 Å². The van der Waals surface area contributed by atoms with Crippen LogP contribution in [-0.4, -0.2) is 35.5 Å². The van der Waals surface area contributed by atoms with Crippen molar-refractivity contribution in [2.75, 3.05) is 20.1 Å². The van der Waals surface area contributed by atoms with Gasteiger partial charge in [0.25, 0.3) is 0 Å². The van der Waals surface area contributed by atoms with Crippen molar-refractivity contribution in [2.45, 2.75) is 26.2 Å². The van der Waals surface area contributed by atoms with Crippen molar-refractivity contribution >= 4 is 11.6 Å². The van der Waals surface area contributed by atoms with Gasteiger partial charge < -0.3 is 15.0 Å². The Morgan fingerprint density at radius 3 is 2.90 bits per heavy atom. The summed E-state index contributed by atoms with van der Waals surface area (Å²) >= 11 is 0. The lowest BCUT2D eigenvalue weighted by molar-refractivity contribution is 0.725. The van der Waals surface area contributed by atoms with Gasteiger partial charge in [-0.15, -0.1) is 0 Å². The summed E-state index contributed by atoms with van der Waals surface area (Å²) in [4.78, 5) is 8.78. The van der Waals surface area contributed by atoms with Crippen LogP contribution in [0, 0.1) is 0 Å². The normalized spacial score (nSPS) is 11.8. The average Bonchev–Trinajstić information content (AvgIpc) is 2.88. The maximum Gasteiger partial charge on any atom is 0.190 e. The molecule has 0 bridgehead atoms. The van der Waals surface area contributed by atoms with E-state index in [1.807, 2.05) is 28.8 Å². The van der Waals surface area contributed by atoms with E-state index in [0.29, 0.717) is 0 Å². The summed E-state index contributed by atoms with van der Waals surface area (Å²) in [5, 5.41) is 6.61. The van der Waals surface area contributed by atoms with Crippen LogP contribution in [0.5, 0.6) is 0 Å². The van der Waals surface area contributed by atoms with E-state index in [1.165, 1.54) is 6.42 Å². The summed E-state index contributed by atoms with van der Waals surface area (Å²) in [6.07, 6.45) is 7.32. The number of nitrogens with zero attached hydrogens (tertiary/aromatic N) is 3. The van der Waals surface area contributed by atoms with Crippen molar-refractivity contribution < 1.29 is 0 Å². The Kier molecular flexibility index (Phi) is 5.41. The molecule has 0 atom stereocenters. The predicted molar refractivity (Wildman–Crippen MR) is 83.2 cm³/mol. The molecule has 5 nitrogen and oxygen atoms in total. The minimum atomic E-state index is 0.829. The smallest absolute Gasteiger partial charge is 0.190 e. The molecular formula is C15H23N5. The van der Waals surface area contributed by atoms with Crippen molar-refractivity contribution in [1.82, 2.24) is 20.0 Å². The van der Waals surface area contributed by atoms with Crippen LogP contribution >= 0.6 is 0 Å². The summed E-state index contributed by atoms with van der Waals surface area (Å²) in [6, 6.07) is 6.03. The molecule has 0 aliphatic rings. The fourth-order valence-electron chi connectivity index (χ4n) is 2.02. The van der Waals surface area contributed by atoms with Crippen LogP contribution in [0.25, 0.3) is 5.65 Å². The number of aromatic nitrogens is 2. The quantitative estimate of drug-likeness (QED) is 0.480. The number of guanidine groups is 1. The Balaban J connectivity index is 1.79. The summed E-state index contributed by atoms with van der Waals surface area (Å²) in [5.41, 5.74) is 2.08. The number of unbranched alkanes of at least 4 members (excludes halogenated alkanes) is 1. The van der Waals surface area contributed by atoms with Gasteiger partial charge in [-0.1, -0.05) is 19.4 Å². The second kappa shape index (κ2) is 7.53. The molecule has 0 radical (unpaired) electrons. The molecular weight excluding hydrogens is 250 g/mol. The monoisotopic (exact) mass is 273 g/mol. The van der Waals surface area contributed by atoms with Crippen LogP contribution in [0.3, 0.4) is 0 Å². The predicted octanol–water partition coefficient (Wildman–Crippen LogP) is 1.84. The lowest BCUT2D eigenvalue weighted by Gasteiger charge is -2.10. The fourth-order valence-corrected chi connectivity index (χ4v) is 2.02. The Hall–Kier alpha value is -2.04. The molecule has 108 valence electrons. The van der Waals surface area contributed by atoms with E-state index in [9.17, 15) is 0 Å². The zero-order valence-electron chi connectivity index (χ0n) is 12.3. The molecule has 2 aromatic heterocycles. The lowest BCUT2D eigenvalue weighted by atomic mass is 10.3. The fraction of sp³-hybridized carbons (Fsp3) is 0.467. The van der Waals surface area contributed by atoms with Crippen LogP contribution < -0.4 is 10.6 Å². The first-order chi connectivity index (χ1) is 9.83. The maximum absolute atomic E-state index is 4.57. The molecule has 0 aliphatic carbocycles. The number of pyridine rings is 1. The molecule has 0 saturated heterocycles. The third-order valence-corrected chi connectivity index (χ3v) is 3.13. The molecule has 0 saturated carbocycles. The molecule has 0 fully saturated rings. The number of rotatable bonds is 6. The third-order valence-electron chi connectivity index (χ3n) is 3.13. The second-order valence-electron chi connectivity index (χ2n) is 4.73. The van der Waals surface area contributed by atoms with Crippen molar-refractivity contribution in [1.29, 1.82) is 0 Å². The molecule has 2 heterocycles. The van der Waals surface area contributed by atoms with Crippen molar-refractivity contribution in [3.05, 3.63) is 36.3 Å². The van der Waals surface area contributed by atoms with Gasteiger partial charge in [0.05, 0.1) is 5.69 Å². The highest BCUT2D eigenvalue weighted by atomic mass is 15.2. The summed E-state index contributed by atoms with van der Waals surface area (Å²) in [6.45, 7) is 3.97. The van der Waals surface area contributed by atoms with Crippen molar-refractivity contribution in [3.8, 4) is 0 Å². The highest BCUT2D eigenvalue weighted by Gasteiger charge is 2.01. The third kappa shape index (κ3) is 3.98. The van der Waals surface area contributed by atoms with E-state index < -0.39 is 0 Å². The first kappa shape index (κ1) is 14.4. The van der Waals surface area contributed by atoms with Gasteiger partial charge in [-0.2, -0.15) is 0 Å². The Morgan fingerprint density at radius 2 is 2.15 bits per heavy atom. The maximum atomic E-state index is 4.57. The first-order valence-electron chi connectivity index (χ1n) is 7.20. The molecule has 2 rings (SSSR count). The zero-order valence-corrected chi connectivity index (χ0v) is 12.3. The zero-order chi connectivity index (χ0) is 14.2. The van der Waals surface area contributed by atoms with Gasteiger partial charge in [0.1, 0.15) is 5.65 Å². The summed E-state index contributed by atoms with van der Waals surface area (Å²) < 4.78 is 2.05. The molecule has 0 spiro atoms. The van der Waals surface area contributed by atoms with E-state index in [0.717, 1.165) is 43.2 Å². The summed E-state index contributed by atoms with van der Waals surface area (Å²) in [5.74, 6) is 0.863. The number of imidazole rings is 1. The van der Waals surface area contributed by atoms with Crippen LogP contribution in [0.1, 0.15) is 25.5 Å². The molecule has 2 N–H and O–H groups in total. The Bertz CT molecular complexity index is 525. The number of nitrogens with one attached hydrogen (secondary N) is 2. The van der Waals surface area contributed by atoms with E-state index in [4.69, 9.17) is 0 Å². The van der Waals surface area contributed by atoms with Crippen LogP contribution in [0.15, 0.2) is 35.6 Å². The van der Waals surface area contributed by atoms with Crippen LogP contribution in [0.2, 0.25) is 0 Å². The number of fused-ring (bicyclic) bond motifs is 1. The van der Waals surface area contributed by atoms with E-state index in [-0.39, 0.29) is 0 Å². The molecule has 0 unspecified atom stereocenters. The largest absolute Gasteiger partial charge is 0.356 e. The molecule has 0 aliphatic heterocycles. The van der Waals surface area contributed by atoms with Crippen LogP contribution in [-0.2, 0) is 6.42 Å². The molecule has 2 aromatic rings. The van der Waals surface area contributed by atoms with Crippen molar-refractivity contribution in [2.24, 2.45) is 4.99 Å². The Labute approximate surface area is 120 Å². The first-order valence-corrected chi connectivity index (χ1v) is 7.20. The van der Waals surface area contributed by atoms with Crippen LogP contribution in [0.4, 0.5) is 0 Å². The molecule has 0 aromatic carbocycles. The number of aliphatic imine (C=N–C) groups is 1. The topological polar surface area (TPSA) is 53.7 Å². The van der Waals surface area contributed by atoms with Gasteiger partial charge in [-0.05, 0) is 18.6 Å². The SMILES string of the molecule is CCCCNC(=NC)NCCc1cn2ccccc2n1. The average molecular weight is 273 g/mol. The standard InChI is InChI=1S/C15H23N5/c1-3-4-9-17-15(16-2)18-10-8-13-12-20-11-6-5-7-14(20)19-13/h5-7,11-12H,3-4,8-10H2,1-2H3,(H2,16,17,18). The van der Waals surface area contributed by atoms with E-state index in [1.54, 1.807) is 7.05 Å². The van der Waals surface area contributed by atoms with Crippen molar-refractivity contribution in [3.63, 3.8) is 0 Å². The van der Waals surface area contributed by atoms with Gasteiger partial charge >= 0.3 is 0 Å². The van der Waals surface area contributed by atoms with Gasteiger partial charge in [0.2, 0.25) is 0 Å². The van der Waals surface area contributed by atoms with E-state index >= 15 is 0 Å². The number of hydrogen-bond donors (Lipinski definition) is 2. The minimum absolute atomic E-state index is 0.829. The summed E-state index contributed by atoms with van der Waals surface area (Å²) in [7, 11) is 1.80. The second-order valence-corrected chi connectivity index (χ2v) is 4.73. The van der Waals surface area contributed by atoms with Gasteiger partial charge in [0.15, 0.2) is 5.96 Å². The van der Waals surface area contributed by atoms with E-state index in [2.05, 4.69) is 33.7 Å². The Morgan fingerprint density at radius 1 is 1.30 bits per heavy atom. The molecule has 5 heteroatoms. The highest BCUT2D eigenvalue weighted by Crippen LogP contribution is 2.04. The lowest BCUT2D eigenvalue weighted by Crippen LogP contribution is -2.38. The minimum Gasteiger partial charge on any atom is -0.356 e. The molecule has 20 heavy (non-hydrogen) atoms.